The molecule has 132 valence electrons. The van der Waals surface area contributed by atoms with Crippen LogP contribution in [0.15, 0.2) is 51.4 Å². The Morgan fingerprint density at radius 3 is 3.00 bits per heavy atom. The fourth-order valence-corrected chi connectivity index (χ4v) is 4.99. The Morgan fingerprint density at radius 2 is 2.15 bits per heavy atom. The first-order chi connectivity index (χ1) is 12.7. The number of rotatable bonds is 4. The number of carbonyl (C=O) groups is 1. The van der Waals surface area contributed by atoms with Gasteiger partial charge in [0.25, 0.3) is 5.91 Å². The van der Waals surface area contributed by atoms with E-state index in [0.29, 0.717) is 23.5 Å². The van der Waals surface area contributed by atoms with E-state index < -0.39 is 0 Å². The quantitative estimate of drug-likeness (QED) is 0.463. The molecule has 2 aromatic heterocycles. The number of nitrogens with zero attached hydrogens (tertiary/aromatic N) is 3. The van der Waals surface area contributed by atoms with Crippen molar-refractivity contribution >= 4 is 64.9 Å². The average Bonchev–Trinajstić information content (AvgIpc) is 3.23. The van der Waals surface area contributed by atoms with Gasteiger partial charge in [-0.3, -0.25) is 4.79 Å². The van der Waals surface area contributed by atoms with Gasteiger partial charge in [0, 0.05) is 23.7 Å². The molecule has 0 N–H and O–H groups in total. The number of thiazole rings is 2. The van der Waals surface area contributed by atoms with Crippen LogP contribution >= 0.6 is 38.6 Å². The van der Waals surface area contributed by atoms with Gasteiger partial charge in [-0.1, -0.05) is 27.3 Å². The zero-order valence-corrected chi connectivity index (χ0v) is 17.0. The van der Waals surface area contributed by atoms with Crippen LogP contribution in [-0.4, -0.2) is 29.2 Å². The number of halogens is 1. The second-order valence-electron chi connectivity index (χ2n) is 5.59. The minimum atomic E-state index is -0.253. The predicted molar refractivity (Wildman–Crippen MR) is 109 cm³/mol. The highest BCUT2D eigenvalue weighted by Gasteiger charge is 2.11. The Balaban J connectivity index is 1.81. The summed E-state index contributed by atoms with van der Waals surface area (Å²) in [6, 6.07) is 11.5. The van der Waals surface area contributed by atoms with Crippen LogP contribution in [0.3, 0.4) is 0 Å². The molecule has 4 rings (SSSR count). The van der Waals surface area contributed by atoms with E-state index in [1.807, 2.05) is 34.9 Å². The average molecular weight is 448 g/mol. The summed E-state index contributed by atoms with van der Waals surface area (Å²) in [6.07, 6.45) is 0. The summed E-state index contributed by atoms with van der Waals surface area (Å²) in [5.41, 5.74) is 4.28. The maximum atomic E-state index is 12.7. The molecule has 5 nitrogen and oxygen atoms in total. The molecule has 0 spiro atoms. The van der Waals surface area contributed by atoms with Gasteiger partial charge < -0.3 is 9.30 Å². The maximum Gasteiger partial charge on any atom is 0.279 e. The van der Waals surface area contributed by atoms with E-state index >= 15 is 0 Å². The molecule has 2 aromatic carbocycles. The molecule has 8 heteroatoms. The first kappa shape index (κ1) is 17.5. The largest absolute Gasteiger partial charge is 0.383 e. The van der Waals surface area contributed by atoms with E-state index in [1.165, 1.54) is 22.7 Å². The normalized spacial score (nSPS) is 12.3. The fourth-order valence-electron chi connectivity index (χ4n) is 2.67. The molecule has 1 amide bonds. The van der Waals surface area contributed by atoms with Crippen LogP contribution in [0.2, 0.25) is 0 Å². The Morgan fingerprint density at radius 1 is 1.27 bits per heavy atom. The summed E-state index contributed by atoms with van der Waals surface area (Å²) in [6.45, 7) is 1.19. The Labute approximate surface area is 165 Å². The van der Waals surface area contributed by atoms with Gasteiger partial charge in [-0.05, 0) is 36.4 Å². The second kappa shape index (κ2) is 7.40. The van der Waals surface area contributed by atoms with Crippen LogP contribution < -0.4 is 4.80 Å². The van der Waals surface area contributed by atoms with Crippen LogP contribution in [-0.2, 0) is 11.3 Å². The number of methoxy groups -OCH3 is 1. The molecule has 0 fully saturated rings. The zero-order valence-electron chi connectivity index (χ0n) is 13.8. The van der Waals surface area contributed by atoms with E-state index in [-0.39, 0.29) is 5.91 Å². The first-order valence-electron chi connectivity index (χ1n) is 7.86. The number of fused-ring (bicyclic) bond motifs is 2. The van der Waals surface area contributed by atoms with Gasteiger partial charge in [0.05, 0.1) is 32.6 Å². The molecule has 0 atom stereocenters. The third-order valence-corrected chi connectivity index (χ3v) is 6.27. The SMILES string of the molecule is COCCn1c(=NC(=O)c2ccc3ncsc3c2)sc2cc(Br)ccc21. The molecule has 2 heterocycles. The molecule has 0 aliphatic heterocycles. The molecule has 26 heavy (non-hydrogen) atoms. The number of hydrogen-bond acceptors (Lipinski definition) is 5. The molecule has 0 saturated carbocycles. The summed E-state index contributed by atoms with van der Waals surface area (Å²) < 4.78 is 10.3. The van der Waals surface area contributed by atoms with Gasteiger partial charge in [0.2, 0.25) is 0 Å². The molecule has 0 bridgehead atoms. The van der Waals surface area contributed by atoms with Crippen molar-refractivity contribution in [3.05, 3.63) is 56.7 Å². The summed E-state index contributed by atoms with van der Waals surface area (Å²) in [7, 11) is 1.66. The van der Waals surface area contributed by atoms with Gasteiger partial charge >= 0.3 is 0 Å². The predicted octanol–water partition coefficient (Wildman–Crippen LogP) is 4.46. The molecular formula is C18H14BrN3O2S2. The topological polar surface area (TPSA) is 56.5 Å². The second-order valence-corrected chi connectivity index (χ2v) is 8.40. The lowest BCUT2D eigenvalue weighted by Gasteiger charge is -2.04. The number of ether oxygens (including phenoxy) is 1. The van der Waals surface area contributed by atoms with Crippen molar-refractivity contribution in [1.82, 2.24) is 9.55 Å². The third kappa shape index (κ3) is 3.37. The van der Waals surface area contributed by atoms with Gasteiger partial charge in [0.15, 0.2) is 4.80 Å². The number of carbonyl (C=O) groups excluding carboxylic acids is 1. The van der Waals surface area contributed by atoms with E-state index in [4.69, 9.17) is 4.74 Å². The monoisotopic (exact) mass is 447 g/mol. The molecule has 0 unspecified atom stereocenters. The van der Waals surface area contributed by atoms with Crippen LogP contribution in [0, 0.1) is 0 Å². The molecule has 0 aliphatic carbocycles. The molecule has 0 aliphatic rings. The summed E-state index contributed by atoms with van der Waals surface area (Å²) in [5.74, 6) is -0.253. The van der Waals surface area contributed by atoms with Gasteiger partial charge in [-0.15, -0.1) is 11.3 Å². The lowest BCUT2D eigenvalue weighted by molar-refractivity contribution is 0.0997. The van der Waals surface area contributed by atoms with Crippen molar-refractivity contribution < 1.29 is 9.53 Å². The van der Waals surface area contributed by atoms with Gasteiger partial charge in [-0.2, -0.15) is 4.99 Å². The van der Waals surface area contributed by atoms with Crippen molar-refractivity contribution in [2.75, 3.05) is 13.7 Å². The standard InChI is InChI=1S/C18H14BrN3O2S2/c1-24-7-6-22-14-5-3-12(19)9-16(14)26-18(22)21-17(23)11-2-4-13-15(8-11)25-10-20-13/h2-5,8-10H,6-7H2,1H3. The summed E-state index contributed by atoms with van der Waals surface area (Å²) in [4.78, 5) is 22.0. The van der Waals surface area contributed by atoms with Gasteiger partial charge in [0.1, 0.15) is 0 Å². The highest BCUT2D eigenvalue weighted by atomic mass is 79.9. The molecule has 0 radical (unpaired) electrons. The number of aromatic nitrogens is 2. The molecular weight excluding hydrogens is 434 g/mol. The van der Waals surface area contributed by atoms with Crippen LogP contribution in [0.1, 0.15) is 10.4 Å². The molecule has 4 aromatic rings. The minimum absolute atomic E-state index is 0.253. The number of hydrogen-bond donors (Lipinski definition) is 0. The van der Waals surface area contributed by atoms with Crippen molar-refractivity contribution in [3.8, 4) is 0 Å². The van der Waals surface area contributed by atoms with E-state index in [9.17, 15) is 4.79 Å². The summed E-state index contributed by atoms with van der Waals surface area (Å²) in [5, 5.41) is 0. The van der Waals surface area contributed by atoms with Crippen molar-refractivity contribution in [2.45, 2.75) is 6.54 Å². The highest BCUT2D eigenvalue weighted by molar-refractivity contribution is 9.10. The Hall–Kier alpha value is -1.87. The smallest absolute Gasteiger partial charge is 0.279 e. The van der Waals surface area contributed by atoms with Crippen molar-refractivity contribution in [3.63, 3.8) is 0 Å². The highest BCUT2D eigenvalue weighted by Crippen LogP contribution is 2.23. The van der Waals surface area contributed by atoms with Crippen LogP contribution in [0.25, 0.3) is 20.4 Å². The van der Waals surface area contributed by atoms with E-state index in [1.54, 1.807) is 18.7 Å². The number of amides is 1. The van der Waals surface area contributed by atoms with Crippen LogP contribution in [0.4, 0.5) is 0 Å². The minimum Gasteiger partial charge on any atom is -0.383 e. The Bertz CT molecular complexity index is 1180. The lowest BCUT2D eigenvalue weighted by Crippen LogP contribution is -2.19. The van der Waals surface area contributed by atoms with Crippen molar-refractivity contribution in [1.29, 1.82) is 0 Å². The number of benzene rings is 2. The zero-order chi connectivity index (χ0) is 18.1. The fraction of sp³-hybridized carbons (Fsp3) is 0.167. The Kier molecular flexibility index (Phi) is 4.99. The first-order valence-corrected chi connectivity index (χ1v) is 10.3. The van der Waals surface area contributed by atoms with E-state index in [2.05, 4.69) is 25.9 Å². The van der Waals surface area contributed by atoms with Gasteiger partial charge in [-0.25, -0.2) is 4.98 Å². The summed E-state index contributed by atoms with van der Waals surface area (Å²) >= 11 is 6.51. The van der Waals surface area contributed by atoms with Crippen molar-refractivity contribution in [2.24, 2.45) is 4.99 Å². The van der Waals surface area contributed by atoms with Crippen LogP contribution in [0.5, 0.6) is 0 Å². The molecule has 0 saturated heterocycles. The lowest BCUT2D eigenvalue weighted by atomic mass is 10.2. The van der Waals surface area contributed by atoms with E-state index in [0.717, 1.165) is 24.9 Å². The maximum absolute atomic E-state index is 12.7. The third-order valence-electron chi connectivity index (χ3n) is 3.94.